The molecule has 0 saturated carbocycles. The number of rotatable bonds is 8. The van der Waals surface area contributed by atoms with E-state index in [-0.39, 0.29) is 18.6 Å². The van der Waals surface area contributed by atoms with Crippen molar-refractivity contribution in [1.29, 1.82) is 5.26 Å². The molecule has 0 aliphatic carbocycles. The Morgan fingerprint density at radius 3 is 2.65 bits per heavy atom. The van der Waals surface area contributed by atoms with Crippen LogP contribution < -0.4 is 9.47 Å². The van der Waals surface area contributed by atoms with Crippen LogP contribution in [0.4, 0.5) is 0 Å². The third-order valence-corrected chi connectivity index (χ3v) is 5.40. The number of nitrogens with zero attached hydrogens (tertiary/aromatic N) is 5. The Morgan fingerprint density at radius 2 is 2.03 bits per heavy atom. The Bertz CT molecular complexity index is 1080. The summed E-state index contributed by atoms with van der Waals surface area (Å²) in [5.74, 6) is 0.625. The summed E-state index contributed by atoms with van der Waals surface area (Å²) in [5.41, 5.74) is 2.31. The maximum atomic E-state index is 12.8. The molecule has 0 fully saturated rings. The van der Waals surface area contributed by atoms with Crippen LogP contribution in [0, 0.1) is 11.3 Å². The van der Waals surface area contributed by atoms with Crippen LogP contribution in [0.3, 0.4) is 0 Å². The average Bonchev–Trinajstić information content (AvgIpc) is 3.32. The van der Waals surface area contributed by atoms with Gasteiger partial charge in [-0.3, -0.25) is 4.79 Å². The Morgan fingerprint density at radius 1 is 1.29 bits per heavy atom. The lowest BCUT2D eigenvalue weighted by atomic mass is 10.1. The molecule has 1 heterocycles. The minimum Gasteiger partial charge on any atom is -0.490 e. The molecular formula is C22H22BrN5O3. The van der Waals surface area contributed by atoms with E-state index in [1.807, 2.05) is 38.1 Å². The fraction of sp³-hybridized carbons (Fsp3) is 0.273. The van der Waals surface area contributed by atoms with Gasteiger partial charge in [0.25, 0.3) is 5.91 Å². The summed E-state index contributed by atoms with van der Waals surface area (Å²) in [5, 5.41) is 13.2. The fourth-order valence-corrected chi connectivity index (χ4v) is 3.51. The first-order valence-corrected chi connectivity index (χ1v) is 10.4. The van der Waals surface area contributed by atoms with Crippen LogP contribution >= 0.6 is 15.9 Å². The van der Waals surface area contributed by atoms with Gasteiger partial charge >= 0.3 is 0 Å². The highest BCUT2D eigenvalue weighted by atomic mass is 79.9. The van der Waals surface area contributed by atoms with Crippen molar-refractivity contribution in [2.24, 2.45) is 0 Å². The van der Waals surface area contributed by atoms with Gasteiger partial charge < -0.3 is 14.4 Å². The van der Waals surface area contributed by atoms with Gasteiger partial charge in [0.05, 0.1) is 34.4 Å². The highest BCUT2D eigenvalue weighted by molar-refractivity contribution is 9.10. The van der Waals surface area contributed by atoms with E-state index in [1.165, 1.54) is 6.33 Å². The summed E-state index contributed by atoms with van der Waals surface area (Å²) in [6.45, 7) is 4.03. The number of ether oxygens (including phenoxy) is 2. The number of aromatic nitrogens is 3. The van der Waals surface area contributed by atoms with E-state index in [4.69, 9.17) is 14.7 Å². The zero-order valence-corrected chi connectivity index (χ0v) is 19.0. The third-order valence-electron chi connectivity index (χ3n) is 4.81. The Kier molecular flexibility index (Phi) is 7.26. The van der Waals surface area contributed by atoms with Gasteiger partial charge in [-0.25, -0.2) is 9.67 Å². The quantitative estimate of drug-likeness (QED) is 0.482. The van der Waals surface area contributed by atoms with Gasteiger partial charge in [0.1, 0.15) is 12.7 Å². The zero-order chi connectivity index (χ0) is 22.4. The largest absolute Gasteiger partial charge is 0.490 e. The number of hydrogen-bond donors (Lipinski definition) is 0. The molecule has 3 aromatic rings. The molecule has 0 saturated heterocycles. The summed E-state index contributed by atoms with van der Waals surface area (Å²) in [6, 6.07) is 12.9. The molecule has 31 heavy (non-hydrogen) atoms. The summed E-state index contributed by atoms with van der Waals surface area (Å²) in [7, 11) is 1.74. The second-order valence-electron chi connectivity index (χ2n) is 6.73. The maximum absolute atomic E-state index is 12.8. The monoisotopic (exact) mass is 483 g/mol. The second kappa shape index (κ2) is 10.1. The van der Waals surface area contributed by atoms with Crippen molar-refractivity contribution < 1.29 is 14.3 Å². The van der Waals surface area contributed by atoms with Gasteiger partial charge in [-0.05, 0) is 53.5 Å². The van der Waals surface area contributed by atoms with Gasteiger partial charge in [0.2, 0.25) is 0 Å². The lowest BCUT2D eigenvalue weighted by molar-refractivity contribution is -0.134. The van der Waals surface area contributed by atoms with Gasteiger partial charge in [-0.15, -0.1) is 0 Å². The number of likely N-dealkylation sites (N-methyl/N-ethyl adjacent to an activating group) is 1. The van der Waals surface area contributed by atoms with E-state index in [0.717, 1.165) is 11.3 Å². The molecule has 3 rings (SSSR count). The number of halogens is 1. The first-order valence-electron chi connectivity index (χ1n) is 9.64. The maximum Gasteiger partial charge on any atom is 0.260 e. The first kappa shape index (κ1) is 22.3. The number of carbonyl (C=O) groups excluding carboxylic acids is 1. The SMILES string of the molecule is CCOc1cc(C#N)cc(Br)c1OCC(=O)N(C)C(C)c1ccc(-n2cncn2)cc1. The first-order chi connectivity index (χ1) is 14.9. The van der Waals surface area contributed by atoms with Crippen molar-refractivity contribution in [3.63, 3.8) is 0 Å². The predicted octanol–water partition coefficient (Wildman–Crippen LogP) is 3.90. The van der Waals surface area contributed by atoms with Gasteiger partial charge in [0, 0.05) is 13.1 Å². The lowest BCUT2D eigenvalue weighted by Gasteiger charge is -2.26. The molecular weight excluding hydrogens is 462 g/mol. The topological polar surface area (TPSA) is 93.3 Å². The number of amides is 1. The number of nitriles is 1. The third kappa shape index (κ3) is 5.22. The van der Waals surface area contributed by atoms with Crippen LogP contribution in [0.1, 0.15) is 31.0 Å². The van der Waals surface area contributed by atoms with E-state index >= 15 is 0 Å². The van der Waals surface area contributed by atoms with Crippen LogP contribution in [0.5, 0.6) is 11.5 Å². The molecule has 2 aromatic carbocycles. The molecule has 160 valence electrons. The van der Waals surface area contributed by atoms with Crippen molar-refractivity contribution in [2.45, 2.75) is 19.9 Å². The molecule has 1 aromatic heterocycles. The number of benzene rings is 2. The predicted molar refractivity (Wildman–Crippen MR) is 118 cm³/mol. The van der Waals surface area contributed by atoms with Crippen molar-refractivity contribution in [3.05, 3.63) is 64.7 Å². The molecule has 0 aliphatic rings. The van der Waals surface area contributed by atoms with Crippen LogP contribution in [0.15, 0.2) is 53.5 Å². The van der Waals surface area contributed by atoms with Crippen molar-refractivity contribution >= 4 is 21.8 Å². The summed E-state index contributed by atoms with van der Waals surface area (Å²) in [4.78, 5) is 18.3. The van der Waals surface area contributed by atoms with Crippen LogP contribution in [-0.4, -0.2) is 45.8 Å². The molecule has 0 radical (unpaired) electrons. The molecule has 8 nitrogen and oxygen atoms in total. The summed E-state index contributed by atoms with van der Waals surface area (Å²) < 4.78 is 13.6. The molecule has 0 bridgehead atoms. The van der Waals surface area contributed by atoms with Gasteiger partial charge in [-0.2, -0.15) is 10.4 Å². The standard InChI is InChI=1S/C22H22BrN5O3/c1-4-30-20-10-16(11-24)9-19(23)22(20)31-12-21(29)27(3)15(2)17-5-7-18(8-6-17)28-14-25-13-26-28/h5-10,13-15H,4,12H2,1-3H3. The van der Waals surface area contributed by atoms with Crippen LogP contribution in [-0.2, 0) is 4.79 Å². The van der Waals surface area contributed by atoms with E-state index in [0.29, 0.717) is 28.1 Å². The minimum absolute atomic E-state index is 0.156. The Hall–Kier alpha value is -3.38. The molecule has 0 N–H and O–H groups in total. The Labute approximate surface area is 189 Å². The van der Waals surface area contributed by atoms with E-state index in [1.54, 1.807) is 35.1 Å². The van der Waals surface area contributed by atoms with Gasteiger partial charge in [0.15, 0.2) is 18.1 Å². The number of carbonyl (C=O) groups is 1. The van der Waals surface area contributed by atoms with Crippen LogP contribution in [0.25, 0.3) is 5.69 Å². The fourth-order valence-electron chi connectivity index (χ4n) is 2.96. The van der Waals surface area contributed by atoms with Gasteiger partial charge in [-0.1, -0.05) is 12.1 Å². The van der Waals surface area contributed by atoms with E-state index in [9.17, 15) is 4.79 Å². The summed E-state index contributed by atoms with van der Waals surface area (Å²) in [6.07, 6.45) is 3.11. The normalized spacial score (nSPS) is 11.5. The van der Waals surface area contributed by atoms with Crippen molar-refractivity contribution in [1.82, 2.24) is 19.7 Å². The Balaban J connectivity index is 1.67. The molecule has 1 atom stereocenters. The lowest BCUT2D eigenvalue weighted by Crippen LogP contribution is -2.33. The molecule has 0 spiro atoms. The van der Waals surface area contributed by atoms with Crippen LogP contribution in [0.2, 0.25) is 0 Å². The second-order valence-corrected chi connectivity index (χ2v) is 7.59. The zero-order valence-electron chi connectivity index (χ0n) is 17.4. The molecule has 1 unspecified atom stereocenters. The minimum atomic E-state index is -0.188. The van der Waals surface area contributed by atoms with Crippen molar-refractivity contribution in [2.75, 3.05) is 20.3 Å². The molecule has 9 heteroatoms. The summed E-state index contributed by atoms with van der Waals surface area (Å²) >= 11 is 3.39. The van der Waals surface area contributed by atoms with E-state index < -0.39 is 0 Å². The average molecular weight is 484 g/mol. The molecule has 1 amide bonds. The highest BCUT2D eigenvalue weighted by Gasteiger charge is 2.20. The van der Waals surface area contributed by atoms with E-state index in [2.05, 4.69) is 32.1 Å². The highest BCUT2D eigenvalue weighted by Crippen LogP contribution is 2.37. The molecule has 0 aliphatic heterocycles. The smallest absolute Gasteiger partial charge is 0.260 e. The van der Waals surface area contributed by atoms with Crippen molar-refractivity contribution in [3.8, 4) is 23.3 Å². The number of hydrogen-bond acceptors (Lipinski definition) is 6.